The molecule has 9 heteroatoms. The molecule has 1 heterocycles. The number of hydrogen-bond acceptors (Lipinski definition) is 4. The molecule has 0 spiro atoms. The molecule has 170 valence electrons. The van der Waals surface area contributed by atoms with E-state index in [9.17, 15) is 13.2 Å². The number of aromatic nitrogens is 1. The van der Waals surface area contributed by atoms with Crippen LogP contribution in [-0.4, -0.2) is 29.7 Å². The zero-order chi connectivity index (χ0) is 23.6. The minimum Gasteiger partial charge on any atom is -0.319 e. The van der Waals surface area contributed by atoms with E-state index in [4.69, 9.17) is 11.6 Å². The second kappa shape index (κ2) is 9.61. The number of aryl methyl sites for hydroxylation is 1. The number of carbonyl (C=O) groups is 1. The molecule has 0 saturated heterocycles. The zero-order valence-electron chi connectivity index (χ0n) is 18.1. The van der Waals surface area contributed by atoms with Crippen molar-refractivity contribution in [3.63, 3.8) is 0 Å². The summed E-state index contributed by atoms with van der Waals surface area (Å²) in [5.41, 5.74) is 2.15. The Bertz CT molecular complexity index is 1480. The van der Waals surface area contributed by atoms with Crippen molar-refractivity contribution in [1.82, 2.24) is 8.87 Å². The van der Waals surface area contributed by atoms with Gasteiger partial charge in [-0.15, -0.1) is 0 Å². The van der Waals surface area contributed by atoms with Crippen LogP contribution in [0.15, 0.2) is 82.7 Å². The quantitative estimate of drug-likeness (QED) is 0.381. The van der Waals surface area contributed by atoms with Crippen LogP contribution in [-0.2, 0) is 23.6 Å². The summed E-state index contributed by atoms with van der Waals surface area (Å²) >= 11 is 7.42. The van der Waals surface area contributed by atoms with Gasteiger partial charge in [-0.3, -0.25) is 4.79 Å². The highest BCUT2D eigenvalue weighted by molar-refractivity contribution is 7.89. The lowest BCUT2D eigenvalue weighted by atomic mass is 10.2. The third-order valence-electron chi connectivity index (χ3n) is 5.26. The van der Waals surface area contributed by atoms with Gasteiger partial charge in [-0.05, 0) is 48.0 Å². The van der Waals surface area contributed by atoms with E-state index in [1.165, 1.54) is 39.9 Å². The molecule has 4 rings (SSSR count). The summed E-state index contributed by atoms with van der Waals surface area (Å²) in [6, 6.07) is 20.8. The molecule has 0 N–H and O–H groups in total. The molecule has 0 saturated carbocycles. The Morgan fingerprint density at radius 1 is 1.06 bits per heavy atom. The lowest BCUT2D eigenvalue weighted by Gasteiger charge is -2.20. The first-order valence-corrected chi connectivity index (χ1v) is 12.9. The number of carbonyl (C=O) groups excluding carboxylic acids is 1. The summed E-state index contributed by atoms with van der Waals surface area (Å²) in [7, 11) is -1.87. The minimum absolute atomic E-state index is 0.138. The molecule has 0 aliphatic carbocycles. The smallest absolute Gasteiger partial charge is 0.279 e. The maximum atomic E-state index is 13.1. The third-order valence-corrected chi connectivity index (χ3v) is 8.53. The summed E-state index contributed by atoms with van der Waals surface area (Å²) in [5, 5.41) is 0.618. The van der Waals surface area contributed by atoms with Crippen molar-refractivity contribution in [2.75, 3.05) is 6.54 Å². The second-order valence-corrected chi connectivity index (χ2v) is 10.8. The Labute approximate surface area is 201 Å². The van der Waals surface area contributed by atoms with E-state index in [0.29, 0.717) is 21.9 Å². The largest absolute Gasteiger partial charge is 0.319 e. The molecule has 0 unspecified atom stereocenters. The first kappa shape index (κ1) is 23.4. The van der Waals surface area contributed by atoms with Gasteiger partial charge in [-0.2, -0.15) is 9.30 Å². The van der Waals surface area contributed by atoms with Gasteiger partial charge in [0.25, 0.3) is 5.91 Å². The van der Waals surface area contributed by atoms with E-state index < -0.39 is 15.9 Å². The molecule has 33 heavy (non-hydrogen) atoms. The van der Waals surface area contributed by atoms with Crippen LogP contribution in [0.1, 0.15) is 22.8 Å². The molecule has 0 aliphatic rings. The van der Waals surface area contributed by atoms with Gasteiger partial charge >= 0.3 is 0 Å². The van der Waals surface area contributed by atoms with Crippen molar-refractivity contribution in [2.24, 2.45) is 12.0 Å². The maximum Gasteiger partial charge on any atom is 0.279 e. The normalized spacial score (nSPS) is 12.5. The molecule has 1 amide bonds. The fraction of sp³-hybridized carbons (Fsp3) is 0.167. The third kappa shape index (κ3) is 4.94. The number of thiazole rings is 1. The molecule has 0 radical (unpaired) electrons. The zero-order valence-corrected chi connectivity index (χ0v) is 20.5. The van der Waals surface area contributed by atoms with Gasteiger partial charge in [0.2, 0.25) is 10.0 Å². The summed E-state index contributed by atoms with van der Waals surface area (Å²) in [4.78, 5) is 17.7. The summed E-state index contributed by atoms with van der Waals surface area (Å²) < 4.78 is 30.4. The molecule has 0 bridgehead atoms. The number of halogens is 1. The summed E-state index contributed by atoms with van der Waals surface area (Å²) in [6.45, 7) is 2.41. The fourth-order valence-corrected chi connectivity index (χ4v) is 6.17. The van der Waals surface area contributed by atoms with E-state index in [-0.39, 0.29) is 11.4 Å². The number of amides is 1. The SMILES string of the molecule is CCN(Cc1ccccc1)S(=O)(=O)c1ccc(C(=O)N=c2sc3cc(Cl)ccc3n2C)cc1. The number of fused-ring (bicyclic) bond motifs is 1. The Balaban J connectivity index is 1.59. The van der Waals surface area contributed by atoms with Gasteiger partial charge in [-0.25, -0.2) is 8.42 Å². The number of nitrogens with zero attached hydrogens (tertiary/aromatic N) is 3. The van der Waals surface area contributed by atoms with Gasteiger partial charge in [-0.1, -0.05) is 60.2 Å². The van der Waals surface area contributed by atoms with Crippen molar-refractivity contribution < 1.29 is 13.2 Å². The Morgan fingerprint density at radius 3 is 2.42 bits per heavy atom. The number of rotatable bonds is 6. The average Bonchev–Trinajstić information content (AvgIpc) is 3.12. The standard InChI is InChI=1S/C24H22ClN3O3S2/c1-3-28(16-17-7-5-4-6-8-17)33(30,31)20-12-9-18(10-13-20)23(29)26-24-27(2)21-14-11-19(25)15-22(21)32-24/h4-15H,3,16H2,1-2H3. The molecular formula is C24H22ClN3O3S2. The summed E-state index contributed by atoms with van der Waals surface area (Å²) in [6.07, 6.45) is 0. The fourth-order valence-electron chi connectivity index (χ4n) is 3.44. The van der Waals surface area contributed by atoms with Crippen molar-refractivity contribution >= 4 is 49.1 Å². The van der Waals surface area contributed by atoms with Gasteiger partial charge in [0, 0.05) is 30.7 Å². The molecule has 4 aromatic rings. The molecule has 0 fully saturated rings. The van der Waals surface area contributed by atoms with Crippen LogP contribution in [0.2, 0.25) is 5.02 Å². The van der Waals surface area contributed by atoms with Gasteiger partial charge < -0.3 is 4.57 Å². The summed E-state index contributed by atoms with van der Waals surface area (Å²) in [5.74, 6) is -0.441. The van der Waals surface area contributed by atoms with Gasteiger partial charge in [0.1, 0.15) is 0 Å². The highest BCUT2D eigenvalue weighted by Crippen LogP contribution is 2.22. The van der Waals surface area contributed by atoms with Crippen LogP contribution in [0.25, 0.3) is 10.2 Å². The molecule has 0 aliphatic heterocycles. The number of benzene rings is 3. The van der Waals surface area contributed by atoms with Crippen molar-refractivity contribution in [3.05, 3.63) is 93.7 Å². The van der Waals surface area contributed by atoms with Crippen molar-refractivity contribution in [2.45, 2.75) is 18.4 Å². The average molecular weight is 500 g/mol. The number of hydrogen-bond donors (Lipinski definition) is 0. The first-order valence-electron chi connectivity index (χ1n) is 10.3. The van der Waals surface area contributed by atoms with E-state index >= 15 is 0 Å². The predicted molar refractivity (Wildman–Crippen MR) is 132 cm³/mol. The Kier molecular flexibility index (Phi) is 6.81. The van der Waals surface area contributed by atoms with Crippen molar-refractivity contribution in [1.29, 1.82) is 0 Å². The van der Waals surface area contributed by atoms with E-state index in [1.807, 2.05) is 54.1 Å². The van der Waals surface area contributed by atoms with Crippen molar-refractivity contribution in [3.8, 4) is 0 Å². The predicted octanol–water partition coefficient (Wildman–Crippen LogP) is 4.85. The van der Waals surface area contributed by atoms with Gasteiger partial charge in [0.15, 0.2) is 4.80 Å². The van der Waals surface area contributed by atoms with Gasteiger partial charge in [0.05, 0.1) is 15.1 Å². The monoisotopic (exact) mass is 499 g/mol. The van der Waals surface area contributed by atoms with E-state index in [0.717, 1.165) is 15.8 Å². The topological polar surface area (TPSA) is 71.7 Å². The molecule has 1 aromatic heterocycles. The van der Waals surface area contributed by atoms with E-state index in [2.05, 4.69) is 4.99 Å². The molecule has 3 aromatic carbocycles. The van der Waals surface area contributed by atoms with Crippen LogP contribution in [0.3, 0.4) is 0 Å². The second-order valence-electron chi connectivity index (χ2n) is 7.41. The van der Waals surface area contributed by atoms with E-state index in [1.54, 1.807) is 13.0 Å². The Hall–Kier alpha value is -2.78. The minimum atomic E-state index is -3.70. The first-order chi connectivity index (χ1) is 15.8. The highest BCUT2D eigenvalue weighted by Gasteiger charge is 2.23. The molecular weight excluding hydrogens is 478 g/mol. The van der Waals surface area contributed by atoms with Crippen LogP contribution in [0.4, 0.5) is 0 Å². The van der Waals surface area contributed by atoms with Crippen LogP contribution in [0, 0.1) is 0 Å². The van der Waals surface area contributed by atoms with Crippen LogP contribution < -0.4 is 4.80 Å². The van der Waals surface area contributed by atoms with Crippen LogP contribution in [0.5, 0.6) is 0 Å². The Morgan fingerprint density at radius 2 is 1.76 bits per heavy atom. The highest BCUT2D eigenvalue weighted by atomic mass is 35.5. The number of sulfonamides is 1. The lowest BCUT2D eigenvalue weighted by Crippen LogP contribution is -2.30. The molecule has 6 nitrogen and oxygen atoms in total. The van der Waals surface area contributed by atoms with Crippen LogP contribution >= 0.6 is 22.9 Å². The molecule has 0 atom stereocenters. The maximum absolute atomic E-state index is 13.1. The lowest BCUT2D eigenvalue weighted by molar-refractivity contribution is 0.0998.